The normalized spacial score (nSPS) is 10.2. The molecule has 0 saturated heterocycles. The number of fused-ring (bicyclic) bond motifs is 1. The van der Waals surface area contributed by atoms with Crippen LogP contribution in [0.1, 0.15) is 19.0 Å². The van der Waals surface area contributed by atoms with Crippen LogP contribution in [0.2, 0.25) is 0 Å². The summed E-state index contributed by atoms with van der Waals surface area (Å²) >= 11 is 0. The third-order valence-corrected chi connectivity index (χ3v) is 2.16. The Morgan fingerprint density at radius 3 is 3.19 bits per heavy atom. The Balaban J connectivity index is 2.42. The highest BCUT2D eigenvalue weighted by Gasteiger charge is 2.06. The second-order valence-corrected chi connectivity index (χ2v) is 3.37. The molecule has 6 heteroatoms. The lowest BCUT2D eigenvalue weighted by atomic mass is 10.2. The fourth-order valence-electron chi connectivity index (χ4n) is 1.50. The highest BCUT2D eigenvalue weighted by molar-refractivity contribution is 5.45. The molecular formula is C10H12N6. The summed E-state index contributed by atoms with van der Waals surface area (Å²) in [6.07, 6.45) is 3.37. The van der Waals surface area contributed by atoms with Crippen LogP contribution in [0.25, 0.3) is 5.78 Å². The van der Waals surface area contributed by atoms with Gasteiger partial charge in [-0.15, -0.1) is 0 Å². The molecule has 2 aromatic rings. The van der Waals surface area contributed by atoms with E-state index < -0.39 is 0 Å². The molecule has 0 fully saturated rings. The molecule has 0 bridgehead atoms. The van der Waals surface area contributed by atoms with Crippen LogP contribution in [-0.2, 0) is 6.42 Å². The molecule has 0 aromatic carbocycles. The van der Waals surface area contributed by atoms with Gasteiger partial charge in [0.2, 0.25) is 0 Å². The maximum absolute atomic E-state index is 8.55. The number of anilines is 1. The van der Waals surface area contributed by atoms with E-state index in [1.54, 1.807) is 4.52 Å². The standard InChI is InChI=1S/C10H12N6/c1-2-3-8-6-9(12-5-4-11)16-10(15-8)13-7-14-16/h6-7,12H,2-3,5H2,1H3. The predicted octanol–water partition coefficient (Wildman–Crippen LogP) is 1.01. The quantitative estimate of drug-likeness (QED) is 0.771. The predicted molar refractivity (Wildman–Crippen MR) is 58.9 cm³/mol. The van der Waals surface area contributed by atoms with Gasteiger partial charge in [0.1, 0.15) is 18.7 Å². The third-order valence-electron chi connectivity index (χ3n) is 2.16. The molecule has 16 heavy (non-hydrogen) atoms. The number of aromatic nitrogens is 4. The van der Waals surface area contributed by atoms with Crippen LogP contribution in [0, 0.1) is 11.3 Å². The Labute approximate surface area is 92.9 Å². The van der Waals surface area contributed by atoms with E-state index in [2.05, 4.69) is 27.3 Å². The van der Waals surface area contributed by atoms with Crippen molar-refractivity contribution >= 4 is 11.6 Å². The van der Waals surface area contributed by atoms with Gasteiger partial charge in [-0.25, -0.2) is 4.98 Å². The molecule has 0 amide bonds. The van der Waals surface area contributed by atoms with Crippen molar-refractivity contribution in [2.75, 3.05) is 11.9 Å². The van der Waals surface area contributed by atoms with Gasteiger partial charge in [0.05, 0.1) is 6.07 Å². The number of nitrogens with zero attached hydrogens (tertiary/aromatic N) is 5. The summed E-state index contributed by atoms with van der Waals surface area (Å²) in [6.45, 7) is 2.34. The maximum atomic E-state index is 8.55. The zero-order valence-electron chi connectivity index (χ0n) is 9.01. The van der Waals surface area contributed by atoms with Crippen LogP contribution in [-0.4, -0.2) is 26.1 Å². The molecule has 2 aromatic heterocycles. The number of hydrogen-bond donors (Lipinski definition) is 1. The second kappa shape index (κ2) is 4.57. The molecule has 0 aliphatic heterocycles. The minimum absolute atomic E-state index is 0.241. The maximum Gasteiger partial charge on any atom is 0.254 e. The summed E-state index contributed by atoms with van der Waals surface area (Å²) in [5.74, 6) is 1.32. The van der Waals surface area contributed by atoms with Crippen molar-refractivity contribution in [1.29, 1.82) is 5.26 Å². The van der Waals surface area contributed by atoms with E-state index in [1.165, 1.54) is 6.33 Å². The summed E-state index contributed by atoms with van der Waals surface area (Å²) in [5, 5.41) is 15.6. The molecular weight excluding hydrogens is 204 g/mol. The zero-order chi connectivity index (χ0) is 11.4. The average molecular weight is 216 g/mol. The lowest BCUT2D eigenvalue weighted by Gasteiger charge is -2.06. The van der Waals surface area contributed by atoms with E-state index in [0.29, 0.717) is 5.78 Å². The molecule has 0 atom stereocenters. The molecule has 6 nitrogen and oxygen atoms in total. The first-order valence-corrected chi connectivity index (χ1v) is 5.15. The smallest absolute Gasteiger partial charge is 0.254 e. The monoisotopic (exact) mass is 216 g/mol. The van der Waals surface area contributed by atoms with Crippen molar-refractivity contribution in [3.63, 3.8) is 0 Å². The highest BCUT2D eigenvalue weighted by Crippen LogP contribution is 2.11. The molecule has 0 saturated carbocycles. The average Bonchev–Trinajstić information content (AvgIpc) is 2.74. The van der Waals surface area contributed by atoms with Gasteiger partial charge >= 0.3 is 0 Å². The fraction of sp³-hybridized carbons (Fsp3) is 0.400. The van der Waals surface area contributed by atoms with E-state index in [0.717, 1.165) is 24.4 Å². The molecule has 0 aliphatic carbocycles. The molecule has 2 rings (SSSR count). The minimum atomic E-state index is 0.241. The largest absolute Gasteiger partial charge is 0.357 e. The fourth-order valence-corrected chi connectivity index (χ4v) is 1.50. The molecule has 0 spiro atoms. The van der Waals surface area contributed by atoms with Gasteiger partial charge in [-0.2, -0.15) is 19.9 Å². The molecule has 0 radical (unpaired) electrons. The summed E-state index contributed by atoms with van der Waals surface area (Å²) < 4.78 is 1.59. The SMILES string of the molecule is CCCc1cc(NCC#N)n2ncnc2n1. The Bertz CT molecular complexity index is 524. The van der Waals surface area contributed by atoms with Crippen LogP contribution in [0.5, 0.6) is 0 Å². The summed E-state index contributed by atoms with van der Waals surface area (Å²) in [6, 6.07) is 3.94. The first-order valence-electron chi connectivity index (χ1n) is 5.15. The Morgan fingerprint density at radius 2 is 2.44 bits per heavy atom. The van der Waals surface area contributed by atoms with E-state index >= 15 is 0 Å². The Kier molecular flexibility index (Phi) is 2.96. The van der Waals surface area contributed by atoms with Crippen molar-refractivity contribution < 1.29 is 0 Å². The van der Waals surface area contributed by atoms with Crippen LogP contribution in [0.4, 0.5) is 5.82 Å². The molecule has 1 N–H and O–H groups in total. The van der Waals surface area contributed by atoms with Gasteiger partial charge in [-0.05, 0) is 6.42 Å². The minimum Gasteiger partial charge on any atom is -0.357 e. The molecule has 0 unspecified atom stereocenters. The number of rotatable bonds is 4. The summed E-state index contributed by atoms with van der Waals surface area (Å²) in [7, 11) is 0. The van der Waals surface area contributed by atoms with E-state index in [9.17, 15) is 0 Å². The molecule has 0 aliphatic rings. The Morgan fingerprint density at radius 1 is 1.56 bits per heavy atom. The van der Waals surface area contributed by atoms with E-state index in [1.807, 2.05) is 12.1 Å². The van der Waals surface area contributed by atoms with Crippen molar-refractivity contribution in [3.05, 3.63) is 18.1 Å². The van der Waals surface area contributed by atoms with Crippen LogP contribution in [0.3, 0.4) is 0 Å². The van der Waals surface area contributed by atoms with Crippen molar-refractivity contribution in [1.82, 2.24) is 19.6 Å². The lowest BCUT2D eigenvalue weighted by Crippen LogP contribution is -2.07. The number of aryl methyl sites for hydroxylation is 1. The highest BCUT2D eigenvalue weighted by atomic mass is 15.3. The van der Waals surface area contributed by atoms with E-state index in [-0.39, 0.29) is 6.54 Å². The van der Waals surface area contributed by atoms with Crippen LogP contribution >= 0.6 is 0 Å². The van der Waals surface area contributed by atoms with Crippen LogP contribution in [0.15, 0.2) is 12.4 Å². The third kappa shape index (κ3) is 1.93. The Hall–Kier alpha value is -2.16. The van der Waals surface area contributed by atoms with Crippen LogP contribution < -0.4 is 5.32 Å². The zero-order valence-corrected chi connectivity index (χ0v) is 9.01. The van der Waals surface area contributed by atoms with Gasteiger partial charge in [0, 0.05) is 11.8 Å². The molecule has 82 valence electrons. The number of nitrogens with one attached hydrogen (secondary N) is 1. The number of hydrogen-bond acceptors (Lipinski definition) is 5. The lowest BCUT2D eigenvalue weighted by molar-refractivity contribution is 0.857. The summed E-state index contributed by atoms with van der Waals surface area (Å²) in [4.78, 5) is 8.41. The van der Waals surface area contributed by atoms with Gasteiger partial charge in [0.25, 0.3) is 5.78 Å². The first kappa shape index (κ1) is 10.4. The van der Waals surface area contributed by atoms with E-state index in [4.69, 9.17) is 5.26 Å². The van der Waals surface area contributed by atoms with Crippen molar-refractivity contribution in [2.24, 2.45) is 0 Å². The number of nitriles is 1. The second-order valence-electron chi connectivity index (χ2n) is 3.37. The van der Waals surface area contributed by atoms with Crippen molar-refractivity contribution in [3.8, 4) is 6.07 Å². The topological polar surface area (TPSA) is 78.9 Å². The van der Waals surface area contributed by atoms with Gasteiger partial charge in [-0.3, -0.25) is 0 Å². The van der Waals surface area contributed by atoms with Gasteiger partial charge in [-0.1, -0.05) is 13.3 Å². The van der Waals surface area contributed by atoms with Crippen molar-refractivity contribution in [2.45, 2.75) is 19.8 Å². The summed E-state index contributed by atoms with van der Waals surface area (Å²) in [5.41, 5.74) is 0.962. The van der Waals surface area contributed by atoms with Gasteiger partial charge < -0.3 is 5.32 Å². The van der Waals surface area contributed by atoms with Gasteiger partial charge in [0.15, 0.2) is 0 Å². The molecule has 2 heterocycles. The first-order chi connectivity index (χ1) is 7.85.